The van der Waals surface area contributed by atoms with E-state index in [0.29, 0.717) is 19.1 Å². The molecule has 0 aromatic carbocycles. The lowest BCUT2D eigenvalue weighted by Gasteiger charge is -2.31. The molecule has 1 aliphatic rings. The molecule has 4 heteroatoms. The Morgan fingerprint density at radius 1 is 1.64 bits per heavy atom. The molecule has 0 aromatic heterocycles. The molecule has 1 atom stereocenters. The van der Waals surface area contributed by atoms with Gasteiger partial charge >= 0.3 is 5.97 Å². The van der Waals surface area contributed by atoms with Crippen molar-refractivity contribution in [2.75, 3.05) is 32.8 Å². The molecule has 0 saturated carbocycles. The Morgan fingerprint density at radius 2 is 2.43 bits per heavy atom. The van der Waals surface area contributed by atoms with Crippen molar-refractivity contribution in [2.45, 2.75) is 26.3 Å². The van der Waals surface area contributed by atoms with Crippen LogP contribution >= 0.6 is 0 Å². The summed E-state index contributed by atoms with van der Waals surface area (Å²) in [4.78, 5) is 13.4. The van der Waals surface area contributed by atoms with Crippen LogP contribution in [0.25, 0.3) is 0 Å². The van der Waals surface area contributed by atoms with Crippen molar-refractivity contribution in [3.05, 3.63) is 0 Å². The van der Waals surface area contributed by atoms with E-state index in [0.717, 1.165) is 26.2 Å². The average Bonchev–Trinajstić information content (AvgIpc) is 2.15. The van der Waals surface area contributed by atoms with Crippen molar-refractivity contribution in [1.29, 1.82) is 0 Å². The third kappa shape index (κ3) is 4.07. The molecule has 14 heavy (non-hydrogen) atoms. The first-order chi connectivity index (χ1) is 6.72. The summed E-state index contributed by atoms with van der Waals surface area (Å²) < 4.78 is 4.88. The molecule has 1 rings (SSSR count). The summed E-state index contributed by atoms with van der Waals surface area (Å²) >= 11 is 0. The minimum atomic E-state index is -0.0846. The van der Waals surface area contributed by atoms with Crippen molar-refractivity contribution in [1.82, 2.24) is 10.2 Å². The maximum absolute atomic E-state index is 11.1. The van der Waals surface area contributed by atoms with Crippen LogP contribution in [-0.2, 0) is 9.53 Å². The second-order valence-corrected chi connectivity index (χ2v) is 3.71. The monoisotopic (exact) mass is 200 g/mol. The van der Waals surface area contributed by atoms with Gasteiger partial charge < -0.3 is 10.1 Å². The fourth-order valence-electron chi connectivity index (χ4n) is 1.70. The van der Waals surface area contributed by atoms with Crippen LogP contribution in [0.5, 0.6) is 0 Å². The standard InChI is InChI=1S/C10H20N2O2/c1-3-14-10(13)4-6-12-7-5-11-9(2)8-12/h9,11H,3-8H2,1-2H3/t9-/m0/s1. The average molecular weight is 200 g/mol. The van der Waals surface area contributed by atoms with E-state index in [-0.39, 0.29) is 5.97 Å². The van der Waals surface area contributed by atoms with Crippen molar-refractivity contribution >= 4 is 5.97 Å². The highest BCUT2D eigenvalue weighted by molar-refractivity contribution is 5.69. The molecule has 0 bridgehead atoms. The van der Waals surface area contributed by atoms with Crippen molar-refractivity contribution in [2.24, 2.45) is 0 Å². The molecule has 1 heterocycles. The molecule has 1 N–H and O–H groups in total. The molecule has 1 aliphatic heterocycles. The lowest BCUT2D eigenvalue weighted by atomic mass is 10.2. The number of hydrogen-bond acceptors (Lipinski definition) is 4. The van der Waals surface area contributed by atoms with E-state index >= 15 is 0 Å². The highest BCUT2D eigenvalue weighted by Gasteiger charge is 2.16. The largest absolute Gasteiger partial charge is 0.466 e. The molecule has 1 saturated heterocycles. The zero-order valence-electron chi connectivity index (χ0n) is 9.08. The van der Waals surface area contributed by atoms with Gasteiger partial charge in [-0.25, -0.2) is 0 Å². The van der Waals surface area contributed by atoms with Crippen LogP contribution in [0.2, 0.25) is 0 Å². The molecule has 0 aromatic rings. The Hall–Kier alpha value is -0.610. The minimum Gasteiger partial charge on any atom is -0.466 e. The van der Waals surface area contributed by atoms with Crippen LogP contribution in [-0.4, -0.2) is 49.7 Å². The minimum absolute atomic E-state index is 0.0846. The summed E-state index contributed by atoms with van der Waals surface area (Å²) in [5.74, 6) is -0.0846. The maximum Gasteiger partial charge on any atom is 0.307 e. The molecule has 0 spiro atoms. The molecule has 82 valence electrons. The molecule has 4 nitrogen and oxygen atoms in total. The van der Waals surface area contributed by atoms with Gasteiger partial charge in [0.2, 0.25) is 0 Å². The number of ether oxygens (including phenoxy) is 1. The number of carbonyl (C=O) groups is 1. The zero-order chi connectivity index (χ0) is 10.4. The third-order valence-electron chi connectivity index (χ3n) is 2.39. The van der Waals surface area contributed by atoms with Gasteiger partial charge in [0.1, 0.15) is 0 Å². The number of rotatable bonds is 4. The van der Waals surface area contributed by atoms with Gasteiger partial charge in [-0.15, -0.1) is 0 Å². The summed E-state index contributed by atoms with van der Waals surface area (Å²) in [6, 6.07) is 0.533. The number of hydrogen-bond donors (Lipinski definition) is 1. The quantitative estimate of drug-likeness (QED) is 0.660. The van der Waals surface area contributed by atoms with Crippen LogP contribution in [0.3, 0.4) is 0 Å². The molecule has 0 amide bonds. The van der Waals surface area contributed by atoms with E-state index in [1.165, 1.54) is 0 Å². The molecule has 0 unspecified atom stereocenters. The molecular formula is C10H20N2O2. The maximum atomic E-state index is 11.1. The Morgan fingerprint density at radius 3 is 3.07 bits per heavy atom. The summed E-state index contributed by atoms with van der Waals surface area (Å²) in [6.07, 6.45) is 0.514. The number of nitrogens with zero attached hydrogens (tertiary/aromatic N) is 1. The number of piperazine rings is 1. The van der Waals surface area contributed by atoms with E-state index in [2.05, 4.69) is 17.1 Å². The van der Waals surface area contributed by atoms with Crippen molar-refractivity contribution in [3.63, 3.8) is 0 Å². The first-order valence-corrected chi connectivity index (χ1v) is 5.33. The van der Waals surface area contributed by atoms with Gasteiger partial charge in [-0.2, -0.15) is 0 Å². The van der Waals surface area contributed by atoms with Gasteiger partial charge in [-0.1, -0.05) is 0 Å². The smallest absolute Gasteiger partial charge is 0.307 e. The Labute approximate surface area is 85.6 Å². The van der Waals surface area contributed by atoms with E-state index in [1.54, 1.807) is 0 Å². The molecular weight excluding hydrogens is 180 g/mol. The first-order valence-electron chi connectivity index (χ1n) is 5.33. The lowest BCUT2D eigenvalue weighted by Crippen LogP contribution is -2.49. The summed E-state index contributed by atoms with van der Waals surface area (Å²) in [7, 11) is 0. The number of esters is 1. The summed E-state index contributed by atoms with van der Waals surface area (Å²) in [6.45, 7) is 8.39. The van der Waals surface area contributed by atoms with E-state index < -0.39 is 0 Å². The molecule has 1 fully saturated rings. The lowest BCUT2D eigenvalue weighted by molar-refractivity contribution is -0.143. The van der Waals surface area contributed by atoms with E-state index in [1.807, 2.05) is 6.92 Å². The number of nitrogens with one attached hydrogen (secondary N) is 1. The molecule has 0 radical (unpaired) electrons. The van der Waals surface area contributed by atoms with Gasteiger partial charge in [0.05, 0.1) is 13.0 Å². The predicted molar refractivity (Wildman–Crippen MR) is 55.2 cm³/mol. The highest BCUT2D eigenvalue weighted by atomic mass is 16.5. The van der Waals surface area contributed by atoms with E-state index in [4.69, 9.17) is 4.74 Å². The van der Waals surface area contributed by atoms with Gasteiger partial charge in [0.15, 0.2) is 0 Å². The predicted octanol–water partition coefficient (Wildman–Crippen LogP) is 0.233. The van der Waals surface area contributed by atoms with Crippen LogP contribution in [0.15, 0.2) is 0 Å². The fourth-order valence-corrected chi connectivity index (χ4v) is 1.70. The summed E-state index contributed by atoms with van der Waals surface area (Å²) in [5.41, 5.74) is 0. The molecule has 0 aliphatic carbocycles. The van der Waals surface area contributed by atoms with Crippen molar-refractivity contribution in [3.8, 4) is 0 Å². The highest BCUT2D eigenvalue weighted by Crippen LogP contribution is 2.00. The Balaban J connectivity index is 2.14. The number of carbonyl (C=O) groups excluding carboxylic acids is 1. The topological polar surface area (TPSA) is 41.6 Å². The second kappa shape index (κ2) is 5.98. The second-order valence-electron chi connectivity index (χ2n) is 3.71. The van der Waals surface area contributed by atoms with Gasteiger partial charge in [-0.05, 0) is 13.8 Å². The Bertz CT molecular complexity index is 185. The van der Waals surface area contributed by atoms with Crippen LogP contribution < -0.4 is 5.32 Å². The van der Waals surface area contributed by atoms with Crippen LogP contribution in [0.4, 0.5) is 0 Å². The van der Waals surface area contributed by atoms with E-state index in [9.17, 15) is 4.79 Å². The summed E-state index contributed by atoms with van der Waals surface area (Å²) in [5, 5.41) is 3.37. The Kier molecular flexibility index (Phi) is 4.90. The van der Waals surface area contributed by atoms with Crippen molar-refractivity contribution < 1.29 is 9.53 Å². The normalized spacial score (nSPS) is 23.4. The zero-order valence-corrected chi connectivity index (χ0v) is 9.08. The van der Waals surface area contributed by atoms with Gasteiger partial charge in [0.25, 0.3) is 0 Å². The van der Waals surface area contributed by atoms with Gasteiger partial charge in [0, 0.05) is 32.2 Å². The third-order valence-corrected chi connectivity index (χ3v) is 2.39. The van der Waals surface area contributed by atoms with Gasteiger partial charge in [-0.3, -0.25) is 9.69 Å². The first kappa shape index (κ1) is 11.5. The van der Waals surface area contributed by atoms with Crippen LogP contribution in [0, 0.1) is 0 Å². The fraction of sp³-hybridized carbons (Fsp3) is 0.900. The SMILES string of the molecule is CCOC(=O)CCN1CCN[C@@H](C)C1. The van der Waals surface area contributed by atoms with Crippen LogP contribution in [0.1, 0.15) is 20.3 Å².